The minimum absolute atomic E-state index is 0.0721. The van der Waals surface area contributed by atoms with Crippen molar-refractivity contribution >= 4 is 11.6 Å². The van der Waals surface area contributed by atoms with Crippen LogP contribution in [0.4, 0.5) is 5.69 Å². The summed E-state index contributed by atoms with van der Waals surface area (Å²) in [5.41, 5.74) is 6.91. The van der Waals surface area contributed by atoms with Crippen molar-refractivity contribution in [2.24, 2.45) is 5.41 Å². The smallest absolute Gasteiger partial charge is 0.256 e. The van der Waals surface area contributed by atoms with Gasteiger partial charge in [-0.25, -0.2) is 0 Å². The number of likely N-dealkylation sites (tertiary alicyclic amines) is 1. The molecule has 1 aliphatic rings. The van der Waals surface area contributed by atoms with Crippen LogP contribution in [0.1, 0.15) is 43.5 Å². The third-order valence-corrected chi connectivity index (χ3v) is 4.49. The van der Waals surface area contributed by atoms with Gasteiger partial charge in [-0.15, -0.1) is 0 Å². The van der Waals surface area contributed by atoms with Gasteiger partial charge in [-0.2, -0.15) is 0 Å². The first-order chi connectivity index (χ1) is 9.01. The lowest BCUT2D eigenvalue weighted by atomic mass is 9.82. The molecule has 0 saturated carbocycles. The molecule has 4 nitrogen and oxygen atoms in total. The molecule has 1 aromatic carbocycles. The first kappa shape index (κ1) is 13.7. The Hall–Kier alpha value is -1.71. The van der Waals surface area contributed by atoms with Gasteiger partial charge in [0.25, 0.3) is 5.91 Å². The number of anilines is 1. The molecule has 0 atom stereocenters. The predicted octanol–water partition coefficient (Wildman–Crippen LogP) is 2.63. The summed E-state index contributed by atoms with van der Waals surface area (Å²) in [5.74, 6) is 0.00571. The van der Waals surface area contributed by atoms with E-state index in [-0.39, 0.29) is 17.1 Å². The molecule has 0 aliphatic carbocycles. The van der Waals surface area contributed by atoms with Crippen molar-refractivity contribution in [3.05, 3.63) is 23.8 Å². The van der Waals surface area contributed by atoms with Gasteiger partial charge in [0.15, 0.2) is 0 Å². The minimum atomic E-state index is -0.0721. The van der Waals surface area contributed by atoms with Gasteiger partial charge in [-0.1, -0.05) is 13.8 Å². The van der Waals surface area contributed by atoms with E-state index in [4.69, 9.17) is 5.73 Å². The molecule has 19 heavy (non-hydrogen) atoms. The molecule has 1 aromatic rings. The summed E-state index contributed by atoms with van der Waals surface area (Å²) >= 11 is 0. The van der Waals surface area contributed by atoms with Crippen molar-refractivity contribution in [1.82, 2.24) is 4.90 Å². The van der Waals surface area contributed by atoms with E-state index in [0.29, 0.717) is 11.3 Å². The summed E-state index contributed by atoms with van der Waals surface area (Å²) in [5, 5.41) is 9.50. The number of hydrogen-bond donors (Lipinski definition) is 2. The normalized spacial score (nSPS) is 17.7. The Morgan fingerprint density at radius 1 is 1.42 bits per heavy atom. The van der Waals surface area contributed by atoms with E-state index < -0.39 is 0 Å². The number of amides is 1. The van der Waals surface area contributed by atoms with Gasteiger partial charge in [0.05, 0.1) is 5.56 Å². The fraction of sp³-hybridized carbons (Fsp3) is 0.533. The number of nitrogen functional groups attached to an aromatic ring is 1. The fourth-order valence-corrected chi connectivity index (χ4v) is 2.84. The number of hydrogen-bond acceptors (Lipinski definition) is 3. The zero-order chi connectivity index (χ0) is 14.0. The van der Waals surface area contributed by atoms with Crippen LogP contribution in [0, 0.1) is 5.41 Å². The van der Waals surface area contributed by atoms with Gasteiger partial charge < -0.3 is 15.7 Å². The summed E-state index contributed by atoms with van der Waals surface area (Å²) in [6.45, 7) is 5.92. The Morgan fingerprint density at radius 2 is 2.11 bits per heavy atom. The maximum absolute atomic E-state index is 12.5. The van der Waals surface area contributed by atoms with Gasteiger partial charge in [0, 0.05) is 18.8 Å². The highest BCUT2D eigenvalue weighted by molar-refractivity contribution is 5.99. The second-order valence-corrected chi connectivity index (χ2v) is 5.46. The van der Waals surface area contributed by atoms with Crippen molar-refractivity contribution < 1.29 is 9.90 Å². The monoisotopic (exact) mass is 262 g/mol. The van der Waals surface area contributed by atoms with Crippen LogP contribution in [-0.2, 0) is 0 Å². The van der Waals surface area contributed by atoms with Crippen LogP contribution in [-0.4, -0.2) is 29.0 Å². The van der Waals surface area contributed by atoms with Crippen LogP contribution in [0.5, 0.6) is 5.75 Å². The molecule has 0 bridgehead atoms. The van der Waals surface area contributed by atoms with Crippen molar-refractivity contribution in [3.63, 3.8) is 0 Å². The van der Waals surface area contributed by atoms with Crippen LogP contribution < -0.4 is 5.73 Å². The van der Waals surface area contributed by atoms with Crippen LogP contribution in [0.25, 0.3) is 0 Å². The summed E-state index contributed by atoms with van der Waals surface area (Å²) in [4.78, 5) is 14.3. The minimum Gasteiger partial charge on any atom is -0.508 e. The number of nitrogens with two attached hydrogens (primary N) is 1. The highest BCUT2D eigenvalue weighted by Crippen LogP contribution is 2.37. The van der Waals surface area contributed by atoms with Crippen LogP contribution in [0.15, 0.2) is 18.2 Å². The number of aromatic hydroxyl groups is 1. The van der Waals surface area contributed by atoms with E-state index in [9.17, 15) is 9.90 Å². The number of phenolic OH excluding ortho intramolecular Hbond substituents is 1. The Morgan fingerprint density at radius 3 is 2.68 bits per heavy atom. The van der Waals surface area contributed by atoms with Gasteiger partial charge in [-0.3, -0.25) is 4.79 Å². The molecule has 0 unspecified atom stereocenters. The lowest BCUT2D eigenvalue weighted by Gasteiger charge is -2.26. The van der Waals surface area contributed by atoms with Gasteiger partial charge >= 0.3 is 0 Å². The topological polar surface area (TPSA) is 66.6 Å². The SMILES string of the molecule is CCC1(CC)CCN(C(=O)c2cc(O)ccc2N)C1. The van der Waals surface area contributed by atoms with E-state index in [2.05, 4.69) is 13.8 Å². The molecule has 104 valence electrons. The highest BCUT2D eigenvalue weighted by Gasteiger charge is 2.37. The number of benzene rings is 1. The molecular weight excluding hydrogens is 240 g/mol. The Balaban J connectivity index is 2.20. The van der Waals surface area contributed by atoms with E-state index in [1.807, 2.05) is 4.90 Å². The average molecular weight is 262 g/mol. The van der Waals surface area contributed by atoms with Gasteiger partial charge in [0.1, 0.15) is 5.75 Å². The highest BCUT2D eigenvalue weighted by atomic mass is 16.3. The number of rotatable bonds is 3. The third kappa shape index (κ3) is 2.53. The first-order valence-corrected chi connectivity index (χ1v) is 6.89. The molecule has 1 fully saturated rings. The average Bonchev–Trinajstić information content (AvgIpc) is 2.86. The second-order valence-electron chi connectivity index (χ2n) is 5.46. The van der Waals surface area contributed by atoms with E-state index in [1.165, 1.54) is 12.1 Å². The largest absolute Gasteiger partial charge is 0.508 e. The summed E-state index contributed by atoms with van der Waals surface area (Å²) in [6.07, 6.45) is 3.22. The van der Waals surface area contributed by atoms with Crippen LogP contribution >= 0.6 is 0 Å². The van der Waals surface area contributed by atoms with Gasteiger partial charge in [0.2, 0.25) is 0 Å². The van der Waals surface area contributed by atoms with E-state index in [1.54, 1.807) is 6.07 Å². The zero-order valence-corrected chi connectivity index (χ0v) is 11.6. The van der Waals surface area contributed by atoms with Crippen molar-refractivity contribution in [2.45, 2.75) is 33.1 Å². The molecule has 3 N–H and O–H groups in total. The van der Waals surface area contributed by atoms with Crippen molar-refractivity contribution in [3.8, 4) is 5.75 Å². The van der Waals surface area contributed by atoms with E-state index in [0.717, 1.165) is 32.4 Å². The molecule has 0 aromatic heterocycles. The number of nitrogens with zero attached hydrogens (tertiary/aromatic N) is 1. The first-order valence-electron chi connectivity index (χ1n) is 6.89. The van der Waals surface area contributed by atoms with Crippen molar-refractivity contribution in [2.75, 3.05) is 18.8 Å². The van der Waals surface area contributed by atoms with Crippen molar-refractivity contribution in [1.29, 1.82) is 0 Å². The standard InChI is InChI=1S/C15H22N2O2/c1-3-15(4-2)7-8-17(10-15)14(19)12-9-11(18)5-6-13(12)16/h5-6,9,18H,3-4,7-8,10,16H2,1-2H3. The second kappa shape index (κ2) is 5.11. The fourth-order valence-electron chi connectivity index (χ4n) is 2.84. The Kier molecular flexibility index (Phi) is 3.69. The zero-order valence-electron chi connectivity index (χ0n) is 11.6. The molecule has 0 radical (unpaired) electrons. The lowest BCUT2D eigenvalue weighted by molar-refractivity contribution is 0.0770. The lowest BCUT2D eigenvalue weighted by Crippen LogP contribution is -2.32. The maximum Gasteiger partial charge on any atom is 0.256 e. The molecule has 1 saturated heterocycles. The van der Waals surface area contributed by atoms with E-state index >= 15 is 0 Å². The molecular formula is C15H22N2O2. The van der Waals surface area contributed by atoms with Crippen LogP contribution in [0.3, 0.4) is 0 Å². The Labute approximate surface area is 114 Å². The quantitative estimate of drug-likeness (QED) is 0.650. The summed E-state index contributed by atoms with van der Waals surface area (Å²) in [7, 11) is 0. The predicted molar refractivity (Wildman–Crippen MR) is 76.1 cm³/mol. The van der Waals surface area contributed by atoms with Gasteiger partial charge in [-0.05, 0) is 42.9 Å². The molecule has 1 heterocycles. The maximum atomic E-state index is 12.5. The molecule has 1 aliphatic heterocycles. The number of carbonyl (C=O) groups is 1. The van der Waals surface area contributed by atoms with Crippen LogP contribution in [0.2, 0.25) is 0 Å². The summed E-state index contributed by atoms with van der Waals surface area (Å²) in [6, 6.07) is 4.53. The Bertz CT molecular complexity index is 481. The molecule has 2 rings (SSSR count). The number of phenols is 1. The molecule has 0 spiro atoms. The third-order valence-electron chi connectivity index (χ3n) is 4.49. The number of carbonyl (C=O) groups excluding carboxylic acids is 1. The summed E-state index contributed by atoms with van der Waals surface area (Å²) < 4.78 is 0. The molecule has 1 amide bonds. The molecule has 4 heteroatoms.